The molecule has 0 spiro atoms. The van der Waals surface area contributed by atoms with E-state index in [4.69, 9.17) is 4.74 Å². The molecule has 0 aliphatic carbocycles. The lowest BCUT2D eigenvalue weighted by molar-refractivity contribution is -0.385. The molecule has 0 amide bonds. The Morgan fingerprint density at radius 2 is 2.15 bits per heavy atom. The molecule has 1 aromatic heterocycles. The highest BCUT2D eigenvalue weighted by Gasteiger charge is 2.17. The van der Waals surface area contributed by atoms with Crippen LogP contribution in [0.15, 0.2) is 36.5 Å². The van der Waals surface area contributed by atoms with Gasteiger partial charge in [0.1, 0.15) is 6.61 Å². The van der Waals surface area contributed by atoms with E-state index in [0.29, 0.717) is 17.1 Å². The molecule has 20 heavy (non-hydrogen) atoms. The number of aromatic nitrogens is 1. The van der Waals surface area contributed by atoms with E-state index in [1.54, 1.807) is 25.4 Å². The van der Waals surface area contributed by atoms with Gasteiger partial charge in [-0.25, -0.2) is 4.98 Å². The predicted octanol–water partition coefficient (Wildman–Crippen LogP) is 2.92. The highest BCUT2D eigenvalue weighted by Crippen LogP contribution is 2.27. The van der Waals surface area contributed by atoms with Crippen molar-refractivity contribution in [1.82, 2.24) is 4.98 Å². The third kappa shape index (κ3) is 2.85. The van der Waals surface area contributed by atoms with E-state index in [0.717, 1.165) is 5.56 Å². The van der Waals surface area contributed by atoms with Gasteiger partial charge in [0, 0.05) is 30.6 Å². The molecule has 1 heterocycles. The number of rotatable bonds is 5. The van der Waals surface area contributed by atoms with Crippen LogP contribution in [0.2, 0.25) is 0 Å². The molecule has 0 fully saturated rings. The van der Waals surface area contributed by atoms with Crippen molar-refractivity contribution in [2.45, 2.75) is 13.5 Å². The van der Waals surface area contributed by atoms with E-state index in [-0.39, 0.29) is 12.3 Å². The first-order valence-corrected chi connectivity index (χ1v) is 6.12. The van der Waals surface area contributed by atoms with Crippen molar-refractivity contribution >= 4 is 11.4 Å². The third-order valence-electron chi connectivity index (χ3n) is 2.93. The van der Waals surface area contributed by atoms with Gasteiger partial charge in [-0.2, -0.15) is 0 Å². The quantitative estimate of drug-likeness (QED) is 0.669. The van der Waals surface area contributed by atoms with Crippen molar-refractivity contribution < 1.29 is 9.66 Å². The second kappa shape index (κ2) is 6.01. The second-order valence-electron chi connectivity index (χ2n) is 4.22. The van der Waals surface area contributed by atoms with Crippen molar-refractivity contribution in [3.63, 3.8) is 0 Å². The predicted molar refractivity (Wildman–Crippen MR) is 75.9 cm³/mol. The van der Waals surface area contributed by atoms with Crippen LogP contribution in [0.4, 0.5) is 11.4 Å². The number of anilines is 1. The average molecular weight is 273 g/mol. The molecule has 0 bridgehead atoms. The van der Waals surface area contributed by atoms with Gasteiger partial charge in [0.15, 0.2) is 0 Å². The normalized spacial score (nSPS) is 10.1. The van der Waals surface area contributed by atoms with Crippen LogP contribution in [0.1, 0.15) is 11.1 Å². The van der Waals surface area contributed by atoms with Gasteiger partial charge >= 0.3 is 0 Å². The van der Waals surface area contributed by atoms with Gasteiger partial charge in [-0.15, -0.1) is 0 Å². The van der Waals surface area contributed by atoms with Crippen molar-refractivity contribution in [2.24, 2.45) is 0 Å². The number of nitro benzene ring substituents is 1. The van der Waals surface area contributed by atoms with E-state index in [9.17, 15) is 10.1 Å². The number of ether oxygens (including phenoxy) is 1. The lowest BCUT2D eigenvalue weighted by Gasteiger charge is -2.11. The number of nitrogens with zero attached hydrogens (tertiary/aromatic N) is 2. The minimum absolute atomic E-state index is 0.0328. The summed E-state index contributed by atoms with van der Waals surface area (Å²) in [7, 11) is 1.72. The van der Waals surface area contributed by atoms with Gasteiger partial charge in [0.05, 0.1) is 10.5 Å². The monoisotopic (exact) mass is 273 g/mol. The van der Waals surface area contributed by atoms with Gasteiger partial charge in [-0.1, -0.05) is 12.1 Å². The second-order valence-corrected chi connectivity index (χ2v) is 4.22. The average Bonchev–Trinajstić information content (AvgIpc) is 2.46. The van der Waals surface area contributed by atoms with Gasteiger partial charge in [-0.3, -0.25) is 10.1 Å². The summed E-state index contributed by atoms with van der Waals surface area (Å²) in [5, 5.41) is 14.0. The largest absolute Gasteiger partial charge is 0.472 e. The van der Waals surface area contributed by atoms with Crippen molar-refractivity contribution in [2.75, 3.05) is 12.4 Å². The molecule has 1 aromatic carbocycles. The Bertz CT molecular complexity index is 629. The first-order valence-electron chi connectivity index (χ1n) is 6.12. The first-order chi connectivity index (χ1) is 9.63. The van der Waals surface area contributed by atoms with Crippen molar-refractivity contribution in [3.05, 3.63) is 57.8 Å². The molecule has 0 saturated carbocycles. The van der Waals surface area contributed by atoms with Gasteiger partial charge in [-0.05, 0) is 19.1 Å². The van der Waals surface area contributed by atoms with Crippen molar-refractivity contribution in [3.8, 4) is 5.88 Å². The number of nitro groups is 1. The lowest BCUT2D eigenvalue weighted by Crippen LogP contribution is -2.06. The maximum atomic E-state index is 11.1. The number of pyridine rings is 1. The van der Waals surface area contributed by atoms with Crippen LogP contribution < -0.4 is 10.1 Å². The summed E-state index contributed by atoms with van der Waals surface area (Å²) in [5.74, 6) is 0.479. The van der Waals surface area contributed by atoms with Crippen LogP contribution in [0.25, 0.3) is 0 Å². The fraction of sp³-hybridized carbons (Fsp3) is 0.214. The van der Waals surface area contributed by atoms with E-state index < -0.39 is 4.92 Å². The molecule has 0 unspecified atom stereocenters. The maximum absolute atomic E-state index is 11.1. The van der Waals surface area contributed by atoms with E-state index in [1.165, 1.54) is 6.07 Å². The van der Waals surface area contributed by atoms with E-state index >= 15 is 0 Å². The Labute approximate surface area is 116 Å². The van der Waals surface area contributed by atoms with Crippen molar-refractivity contribution in [1.29, 1.82) is 0 Å². The maximum Gasteiger partial charge on any atom is 0.278 e. The smallest absolute Gasteiger partial charge is 0.278 e. The number of hydrogen-bond donors (Lipinski definition) is 1. The van der Waals surface area contributed by atoms with Crippen LogP contribution in [0, 0.1) is 17.0 Å². The number of nitrogens with one attached hydrogen (secondary N) is 1. The van der Waals surface area contributed by atoms with Crippen LogP contribution in [0.5, 0.6) is 5.88 Å². The Kier molecular flexibility index (Phi) is 4.14. The SMILES string of the molecule is CNc1cccc([N+](=O)[O-])c1COc1ncccc1C. The number of aryl methyl sites for hydroxylation is 1. The highest BCUT2D eigenvalue weighted by molar-refractivity contribution is 5.60. The summed E-state index contributed by atoms with van der Waals surface area (Å²) in [4.78, 5) is 14.8. The minimum atomic E-state index is -0.412. The molecule has 6 nitrogen and oxygen atoms in total. The number of benzene rings is 1. The third-order valence-corrected chi connectivity index (χ3v) is 2.93. The summed E-state index contributed by atoms with van der Waals surface area (Å²) in [6, 6.07) is 8.56. The Morgan fingerprint density at radius 1 is 1.35 bits per heavy atom. The first kappa shape index (κ1) is 13.8. The summed E-state index contributed by atoms with van der Waals surface area (Å²) in [6.45, 7) is 1.96. The molecular formula is C14H15N3O3. The standard InChI is InChI=1S/C14H15N3O3/c1-10-5-4-8-16-14(10)20-9-11-12(15-2)6-3-7-13(11)17(18)19/h3-8,15H,9H2,1-2H3. The van der Waals surface area contributed by atoms with Crippen LogP contribution >= 0.6 is 0 Å². The van der Waals surface area contributed by atoms with Crippen LogP contribution in [-0.2, 0) is 6.61 Å². The Balaban J connectivity index is 2.29. The molecule has 1 N–H and O–H groups in total. The molecule has 6 heteroatoms. The lowest BCUT2D eigenvalue weighted by atomic mass is 10.1. The zero-order valence-electron chi connectivity index (χ0n) is 11.3. The van der Waals surface area contributed by atoms with E-state index in [1.807, 2.05) is 19.1 Å². The van der Waals surface area contributed by atoms with Crippen LogP contribution in [0.3, 0.4) is 0 Å². The highest BCUT2D eigenvalue weighted by atomic mass is 16.6. The Hall–Kier alpha value is -2.63. The molecule has 2 aromatic rings. The Morgan fingerprint density at radius 3 is 2.80 bits per heavy atom. The summed E-state index contributed by atoms with van der Waals surface area (Å²) < 4.78 is 5.60. The van der Waals surface area contributed by atoms with Gasteiger partial charge in [0.25, 0.3) is 5.69 Å². The van der Waals surface area contributed by atoms with Gasteiger partial charge in [0.2, 0.25) is 5.88 Å². The number of hydrogen-bond acceptors (Lipinski definition) is 5. The minimum Gasteiger partial charge on any atom is -0.472 e. The molecule has 0 atom stereocenters. The molecule has 0 saturated heterocycles. The fourth-order valence-electron chi connectivity index (χ4n) is 1.89. The topological polar surface area (TPSA) is 77.3 Å². The zero-order chi connectivity index (χ0) is 14.5. The molecular weight excluding hydrogens is 258 g/mol. The summed E-state index contributed by atoms with van der Waals surface area (Å²) >= 11 is 0. The summed E-state index contributed by atoms with van der Waals surface area (Å²) in [5.41, 5.74) is 2.10. The molecule has 104 valence electrons. The van der Waals surface area contributed by atoms with E-state index in [2.05, 4.69) is 10.3 Å². The fourth-order valence-corrected chi connectivity index (χ4v) is 1.89. The van der Waals surface area contributed by atoms with Crippen LogP contribution in [-0.4, -0.2) is 17.0 Å². The molecule has 2 rings (SSSR count). The molecule has 0 aliphatic heterocycles. The molecule has 0 radical (unpaired) electrons. The summed E-state index contributed by atoms with van der Waals surface area (Å²) in [6.07, 6.45) is 1.63. The molecule has 0 aliphatic rings. The zero-order valence-corrected chi connectivity index (χ0v) is 11.3. The van der Waals surface area contributed by atoms with Gasteiger partial charge < -0.3 is 10.1 Å².